The minimum atomic E-state index is -1.35. The summed E-state index contributed by atoms with van der Waals surface area (Å²) in [6.45, 7) is 5.76. The third kappa shape index (κ3) is 2.71. The second-order valence-electron chi connectivity index (χ2n) is 4.62. The lowest BCUT2D eigenvalue weighted by atomic mass is 9.96. The summed E-state index contributed by atoms with van der Waals surface area (Å²) in [4.78, 5) is 0. The van der Waals surface area contributed by atoms with E-state index >= 15 is 0 Å². The van der Waals surface area contributed by atoms with Crippen molar-refractivity contribution >= 4 is 9.28 Å². The number of hydrogen-bond acceptors (Lipinski definition) is 2. The molecule has 2 rings (SSSR count). The highest BCUT2D eigenvalue weighted by molar-refractivity contribution is 6.44. The minimum absolute atomic E-state index is 0.813. The molecule has 0 aliphatic heterocycles. The van der Waals surface area contributed by atoms with Gasteiger partial charge in [0.05, 0.1) is 0 Å². The Morgan fingerprint density at radius 1 is 1.13 bits per heavy atom. The summed E-state index contributed by atoms with van der Waals surface area (Å²) in [5.74, 6) is 2.57. The highest BCUT2D eigenvalue weighted by Crippen LogP contribution is 2.45. The molecule has 2 nitrogen and oxygen atoms in total. The van der Waals surface area contributed by atoms with Gasteiger partial charge < -0.3 is 8.85 Å². The Hall–Kier alpha value is -0.123. The predicted octanol–water partition coefficient (Wildman–Crippen LogP) is 2.49. The standard InChI is InChI=1S/C12H22O2Si/c1-3-13-15(14-4-2)9-12-8-10-5-6-11(12)7-10/h5-6,10-12,15H,3-4,7-9H2,1-2H3. The zero-order chi connectivity index (χ0) is 10.7. The van der Waals surface area contributed by atoms with Crippen LogP contribution in [-0.2, 0) is 8.85 Å². The van der Waals surface area contributed by atoms with Crippen molar-refractivity contribution in [1.29, 1.82) is 0 Å². The molecule has 0 aromatic rings. The normalized spacial score (nSPS) is 33.1. The topological polar surface area (TPSA) is 18.5 Å². The molecule has 0 aromatic carbocycles. The van der Waals surface area contributed by atoms with E-state index in [0.717, 1.165) is 31.0 Å². The molecule has 3 atom stereocenters. The SMILES string of the molecule is CCO[SiH](CC1CC2C=CC1C2)OCC. The molecule has 1 saturated carbocycles. The third-order valence-corrected chi connectivity index (χ3v) is 6.02. The molecule has 0 N–H and O–H groups in total. The fraction of sp³-hybridized carbons (Fsp3) is 0.833. The molecule has 0 spiro atoms. The summed E-state index contributed by atoms with van der Waals surface area (Å²) in [5.41, 5.74) is 0. The number of allylic oxidation sites excluding steroid dienone is 2. The Balaban J connectivity index is 1.81. The van der Waals surface area contributed by atoms with E-state index in [2.05, 4.69) is 26.0 Å². The van der Waals surface area contributed by atoms with Gasteiger partial charge in [-0.3, -0.25) is 0 Å². The summed E-state index contributed by atoms with van der Waals surface area (Å²) in [5, 5.41) is 0. The molecular weight excluding hydrogens is 204 g/mol. The first-order valence-electron chi connectivity index (χ1n) is 6.25. The van der Waals surface area contributed by atoms with E-state index in [0.29, 0.717) is 0 Å². The zero-order valence-electron chi connectivity index (χ0n) is 9.82. The lowest BCUT2D eigenvalue weighted by molar-refractivity contribution is 0.206. The van der Waals surface area contributed by atoms with E-state index in [9.17, 15) is 0 Å². The van der Waals surface area contributed by atoms with Gasteiger partial charge in [0.2, 0.25) is 0 Å². The van der Waals surface area contributed by atoms with Crippen LogP contribution in [-0.4, -0.2) is 22.5 Å². The molecule has 3 heteroatoms. The van der Waals surface area contributed by atoms with Crippen LogP contribution in [0.15, 0.2) is 12.2 Å². The average Bonchev–Trinajstić information content (AvgIpc) is 2.80. The van der Waals surface area contributed by atoms with Gasteiger partial charge in [-0.15, -0.1) is 0 Å². The molecule has 0 heterocycles. The van der Waals surface area contributed by atoms with Crippen molar-refractivity contribution < 1.29 is 8.85 Å². The zero-order valence-corrected chi connectivity index (χ0v) is 11.0. The first-order chi connectivity index (χ1) is 7.33. The molecule has 86 valence electrons. The van der Waals surface area contributed by atoms with E-state index in [1.807, 2.05) is 0 Å². The van der Waals surface area contributed by atoms with Crippen molar-refractivity contribution in [2.75, 3.05) is 13.2 Å². The molecule has 15 heavy (non-hydrogen) atoms. The van der Waals surface area contributed by atoms with Gasteiger partial charge in [0.15, 0.2) is 0 Å². The molecule has 0 radical (unpaired) electrons. The predicted molar refractivity (Wildman–Crippen MR) is 64.1 cm³/mol. The Labute approximate surface area is 94.5 Å². The van der Waals surface area contributed by atoms with Crippen LogP contribution in [0.4, 0.5) is 0 Å². The summed E-state index contributed by atoms with van der Waals surface area (Å²) >= 11 is 0. The monoisotopic (exact) mass is 226 g/mol. The highest BCUT2D eigenvalue weighted by Gasteiger charge is 2.37. The van der Waals surface area contributed by atoms with Gasteiger partial charge in [0.1, 0.15) is 0 Å². The summed E-state index contributed by atoms with van der Waals surface area (Å²) in [6.07, 6.45) is 7.59. The van der Waals surface area contributed by atoms with Crippen LogP contribution in [0.25, 0.3) is 0 Å². The molecule has 3 unspecified atom stereocenters. The van der Waals surface area contributed by atoms with Gasteiger partial charge >= 0.3 is 9.28 Å². The van der Waals surface area contributed by atoms with Crippen molar-refractivity contribution in [2.45, 2.75) is 32.7 Å². The van der Waals surface area contributed by atoms with Crippen molar-refractivity contribution in [3.63, 3.8) is 0 Å². The van der Waals surface area contributed by atoms with Gasteiger partial charge in [-0.25, -0.2) is 0 Å². The highest BCUT2D eigenvalue weighted by atomic mass is 28.3. The number of fused-ring (bicyclic) bond motifs is 2. The molecule has 0 aromatic heterocycles. The Morgan fingerprint density at radius 3 is 2.33 bits per heavy atom. The fourth-order valence-electron chi connectivity index (χ4n) is 2.97. The maximum Gasteiger partial charge on any atom is 0.321 e. The summed E-state index contributed by atoms with van der Waals surface area (Å²) < 4.78 is 11.5. The number of rotatable bonds is 6. The summed E-state index contributed by atoms with van der Waals surface area (Å²) in [6, 6.07) is 1.22. The van der Waals surface area contributed by atoms with E-state index in [-0.39, 0.29) is 0 Å². The van der Waals surface area contributed by atoms with Crippen LogP contribution in [0.3, 0.4) is 0 Å². The van der Waals surface area contributed by atoms with Crippen LogP contribution in [0.5, 0.6) is 0 Å². The largest absolute Gasteiger partial charge is 0.397 e. The molecule has 0 saturated heterocycles. The van der Waals surface area contributed by atoms with Gasteiger partial charge in [-0.2, -0.15) is 0 Å². The molecule has 2 aliphatic carbocycles. The van der Waals surface area contributed by atoms with Gasteiger partial charge in [-0.05, 0) is 50.5 Å². The maximum atomic E-state index is 5.74. The quantitative estimate of drug-likeness (QED) is 0.512. The molecular formula is C12H22O2Si. The molecule has 2 bridgehead atoms. The van der Waals surface area contributed by atoms with Crippen LogP contribution < -0.4 is 0 Å². The van der Waals surface area contributed by atoms with E-state index in [1.165, 1.54) is 18.9 Å². The maximum absolute atomic E-state index is 5.74. The molecule has 0 amide bonds. The van der Waals surface area contributed by atoms with Crippen LogP contribution in [0.1, 0.15) is 26.7 Å². The van der Waals surface area contributed by atoms with Crippen molar-refractivity contribution in [2.24, 2.45) is 17.8 Å². The number of hydrogen-bond donors (Lipinski definition) is 0. The fourth-order valence-corrected chi connectivity index (χ4v) is 5.12. The third-order valence-electron chi connectivity index (χ3n) is 3.62. The Morgan fingerprint density at radius 2 is 1.87 bits per heavy atom. The van der Waals surface area contributed by atoms with Crippen LogP contribution >= 0.6 is 0 Å². The van der Waals surface area contributed by atoms with Crippen LogP contribution in [0, 0.1) is 17.8 Å². The van der Waals surface area contributed by atoms with Crippen molar-refractivity contribution in [3.8, 4) is 0 Å². The first kappa shape index (κ1) is 11.4. The summed E-state index contributed by atoms with van der Waals surface area (Å²) in [7, 11) is -1.35. The first-order valence-corrected chi connectivity index (χ1v) is 8.01. The van der Waals surface area contributed by atoms with E-state index in [4.69, 9.17) is 8.85 Å². The lowest BCUT2D eigenvalue weighted by Crippen LogP contribution is -2.27. The van der Waals surface area contributed by atoms with Crippen molar-refractivity contribution in [3.05, 3.63) is 12.2 Å². The van der Waals surface area contributed by atoms with Crippen molar-refractivity contribution in [1.82, 2.24) is 0 Å². The van der Waals surface area contributed by atoms with Gasteiger partial charge in [0, 0.05) is 13.2 Å². The Kier molecular flexibility index (Phi) is 4.00. The second kappa shape index (κ2) is 5.28. The van der Waals surface area contributed by atoms with E-state index in [1.54, 1.807) is 0 Å². The smallest absolute Gasteiger partial charge is 0.321 e. The lowest BCUT2D eigenvalue weighted by Gasteiger charge is -2.22. The average molecular weight is 226 g/mol. The van der Waals surface area contributed by atoms with E-state index < -0.39 is 9.28 Å². The second-order valence-corrected chi connectivity index (χ2v) is 6.61. The minimum Gasteiger partial charge on any atom is -0.397 e. The van der Waals surface area contributed by atoms with Crippen LogP contribution in [0.2, 0.25) is 6.04 Å². The molecule has 2 aliphatic rings. The van der Waals surface area contributed by atoms with Gasteiger partial charge in [0.25, 0.3) is 0 Å². The molecule has 1 fully saturated rings. The van der Waals surface area contributed by atoms with Gasteiger partial charge in [-0.1, -0.05) is 12.2 Å². The Bertz CT molecular complexity index is 224.